The van der Waals surface area contributed by atoms with Gasteiger partial charge in [-0.15, -0.1) is 0 Å². The molecular formula is C47H75N7O19S. The summed E-state index contributed by atoms with van der Waals surface area (Å²) in [4.78, 5) is 71.3. The lowest BCUT2D eigenvalue weighted by Gasteiger charge is -2.22. The lowest BCUT2D eigenvalue weighted by Crippen LogP contribution is -2.41. The maximum Gasteiger partial charge on any atom is 0.407 e. The number of nitrogens with one attached hydrogen (secondary N) is 2. The summed E-state index contributed by atoms with van der Waals surface area (Å²) in [6.07, 6.45) is 3.84. The van der Waals surface area contributed by atoms with Gasteiger partial charge >= 0.3 is 6.09 Å². The van der Waals surface area contributed by atoms with Gasteiger partial charge in [0.15, 0.2) is 0 Å². The summed E-state index contributed by atoms with van der Waals surface area (Å²) in [7, 11) is -0.831. The fraction of sp³-hybridized carbons (Fsp3) is 0.660. The summed E-state index contributed by atoms with van der Waals surface area (Å²) >= 11 is 0. The van der Waals surface area contributed by atoms with Crippen molar-refractivity contribution in [2.75, 3.05) is 186 Å². The number of hydroxylamine groups is 2. The SMILES string of the molecule is CCCN(OCCNC(=O)OCCOCCOCCOCCOCCOCCOCCOCCOCCOCCOCCNC(=O)CN1C(=O)C=CC1=O)C(=O)C1=Cc2ccc(S(=O)(=O)N(C)C)cc2N=C(N)C1. The van der Waals surface area contributed by atoms with Crippen LogP contribution in [0.5, 0.6) is 0 Å². The minimum Gasteiger partial charge on any atom is -0.447 e. The predicted molar refractivity (Wildman–Crippen MR) is 266 cm³/mol. The average molecular weight is 1070 g/mol. The molecule has 4 N–H and O–H groups in total. The molecule has 0 aromatic heterocycles. The van der Waals surface area contributed by atoms with Crippen molar-refractivity contribution in [3.05, 3.63) is 41.5 Å². The van der Waals surface area contributed by atoms with E-state index in [2.05, 4.69) is 15.6 Å². The number of fused-ring (bicyclic) bond motifs is 1. The van der Waals surface area contributed by atoms with Crippen LogP contribution in [0.3, 0.4) is 0 Å². The summed E-state index contributed by atoms with van der Waals surface area (Å²) in [6, 6.07) is 4.45. The summed E-state index contributed by atoms with van der Waals surface area (Å²) in [5, 5.41) is 6.36. The zero-order valence-corrected chi connectivity index (χ0v) is 43.6. The number of carbonyl (C=O) groups excluding carboxylic acids is 5. The molecule has 5 amide bonds. The third-order valence-electron chi connectivity index (χ3n) is 9.87. The van der Waals surface area contributed by atoms with Crippen molar-refractivity contribution in [3.8, 4) is 0 Å². The van der Waals surface area contributed by atoms with Gasteiger partial charge in [-0.25, -0.2) is 27.6 Å². The van der Waals surface area contributed by atoms with E-state index >= 15 is 0 Å². The van der Waals surface area contributed by atoms with Crippen LogP contribution in [0.2, 0.25) is 0 Å². The summed E-state index contributed by atoms with van der Waals surface area (Å²) in [5.41, 5.74) is 7.29. The number of hydrogen-bond donors (Lipinski definition) is 3. The zero-order valence-electron chi connectivity index (χ0n) is 42.8. The number of ether oxygens (including phenoxy) is 11. The monoisotopic (exact) mass is 1070 g/mol. The van der Waals surface area contributed by atoms with Crippen LogP contribution in [-0.2, 0) is 86.1 Å². The largest absolute Gasteiger partial charge is 0.447 e. The van der Waals surface area contributed by atoms with Crippen molar-refractivity contribution in [2.24, 2.45) is 10.7 Å². The first kappa shape index (κ1) is 63.3. The summed E-state index contributed by atoms with van der Waals surface area (Å²) in [6.45, 7) is 9.85. The minimum absolute atomic E-state index is 0.0105. The van der Waals surface area contributed by atoms with Crippen LogP contribution in [-0.4, -0.2) is 244 Å². The lowest BCUT2D eigenvalue weighted by molar-refractivity contribution is -0.181. The maximum absolute atomic E-state index is 13.5. The first-order chi connectivity index (χ1) is 35.8. The Balaban J connectivity index is 1.01. The maximum atomic E-state index is 13.5. The predicted octanol–water partition coefficient (Wildman–Crippen LogP) is -0.184. The third-order valence-corrected chi connectivity index (χ3v) is 11.7. The summed E-state index contributed by atoms with van der Waals surface area (Å²) < 4.78 is 86.1. The number of nitrogens with zero attached hydrogens (tertiary/aromatic N) is 4. The Hall–Kier alpha value is -5.01. The molecule has 0 radical (unpaired) electrons. The van der Waals surface area contributed by atoms with Crippen molar-refractivity contribution >= 4 is 57.3 Å². The van der Waals surface area contributed by atoms with Gasteiger partial charge < -0.3 is 68.5 Å². The molecule has 0 unspecified atom stereocenters. The lowest BCUT2D eigenvalue weighted by atomic mass is 10.1. The second-order valence-electron chi connectivity index (χ2n) is 15.8. The Morgan fingerprint density at radius 2 is 1.09 bits per heavy atom. The number of imide groups is 1. The van der Waals surface area contributed by atoms with Crippen molar-refractivity contribution < 1.29 is 89.3 Å². The van der Waals surface area contributed by atoms with Crippen LogP contribution in [0.25, 0.3) is 6.08 Å². The Labute approximate surface area is 433 Å². The molecule has 0 saturated heterocycles. The van der Waals surface area contributed by atoms with Crippen LogP contribution >= 0.6 is 0 Å². The molecular weight excluding hydrogens is 999 g/mol. The number of benzene rings is 1. The topological polar surface area (TPSA) is 302 Å². The quantitative estimate of drug-likeness (QED) is 0.0434. The number of sulfonamides is 1. The van der Waals surface area contributed by atoms with E-state index in [1.54, 1.807) is 12.1 Å². The second kappa shape index (κ2) is 38.5. The van der Waals surface area contributed by atoms with Gasteiger partial charge in [-0.3, -0.25) is 28.9 Å². The molecule has 2 aliphatic rings. The molecule has 2 heterocycles. The Morgan fingerprint density at radius 3 is 1.55 bits per heavy atom. The molecule has 1 aromatic rings. The fourth-order valence-electron chi connectivity index (χ4n) is 6.15. The van der Waals surface area contributed by atoms with Crippen molar-refractivity contribution in [1.82, 2.24) is 24.9 Å². The Bertz CT molecular complexity index is 2020. The van der Waals surface area contributed by atoms with E-state index in [0.717, 1.165) is 21.4 Å². The number of amidine groups is 1. The van der Waals surface area contributed by atoms with Gasteiger partial charge in [0.2, 0.25) is 15.9 Å². The molecule has 0 aliphatic carbocycles. The van der Waals surface area contributed by atoms with E-state index in [9.17, 15) is 32.4 Å². The van der Waals surface area contributed by atoms with Crippen LogP contribution in [0.4, 0.5) is 10.5 Å². The van der Waals surface area contributed by atoms with E-state index in [1.807, 2.05) is 6.92 Å². The number of amides is 5. The first-order valence-corrected chi connectivity index (χ1v) is 25.8. The fourth-order valence-corrected chi connectivity index (χ4v) is 7.07. The van der Waals surface area contributed by atoms with E-state index < -0.39 is 39.7 Å². The van der Waals surface area contributed by atoms with Gasteiger partial charge in [0.25, 0.3) is 17.7 Å². The second-order valence-corrected chi connectivity index (χ2v) is 18.0. The van der Waals surface area contributed by atoms with Gasteiger partial charge in [0, 0.05) is 63.4 Å². The average Bonchev–Trinajstić information content (AvgIpc) is 3.57. The molecule has 418 valence electrons. The summed E-state index contributed by atoms with van der Waals surface area (Å²) in [5.74, 6) is -1.74. The number of hydrogen-bond acceptors (Lipinski definition) is 21. The van der Waals surface area contributed by atoms with Crippen molar-refractivity contribution in [3.63, 3.8) is 0 Å². The molecule has 0 atom stereocenters. The van der Waals surface area contributed by atoms with Crippen molar-refractivity contribution in [2.45, 2.75) is 24.7 Å². The number of nitrogens with two attached hydrogens (primary N) is 1. The molecule has 0 saturated carbocycles. The van der Waals surface area contributed by atoms with Gasteiger partial charge in [-0.2, -0.15) is 0 Å². The number of aliphatic imine (C=N–C) groups is 1. The molecule has 0 fully saturated rings. The first-order valence-electron chi connectivity index (χ1n) is 24.4. The Kier molecular flexibility index (Phi) is 32.9. The molecule has 3 rings (SSSR count). The number of alkyl carbamates (subject to hydrolysis) is 1. The number of carbonyl (C=O) groups is 5. The van der Waals surface area contributed by atoms with Gasteiger partial charge in [-0.1, -0.05) is 13.0 Å². The highest BCUT2D eigenvalue weighted by Crippen LogP contribution is 2.30. The molecule has 27 heteroatoms. The third kappa shape index (κ3) is 27.0. The zero-order chi connectivity index (χ0) is 53.7. The highest BCUT2D eigenvalue weighted by molar-refractivity contribution is 7.89. The van der Waals surface area contributed by atoms with Crippen LogP contribution in [0.1, 0.15) is 25.3 Å². The standard InChI is InChI=1S/C47H75N7O19S/c1-4-11-54(46(58)39-34-38-5-6-40(74(60,61)52(2)3)36-41(38)51-42(48)35-39)73-13-10-50-47(59)72-33-32-71-31-30-70-29-28-69-27-26-68-25-24-67-23-22-66-21-20-65-19-18-64-17-16-63-15-14-62-12-9-49-43(55)37-53-44(56)7-8-45(53)57/h5-8,34,36H,4,9-33,35,37H2,1-3H3,(H2,48,51)(H,49,55)(H,50,59). The van der Waals surface area contributed by atoms with Crippen LogP contribution in [0.15, 0.2) is 45.8 Å². The molecule has 0 spiro atoms. The number of rotatable bonds is 44. The van der Waals surface area contributed by atoms with Gasteiger partial charge in [0.05, 0.1) is 149 Å². The van der Waals surface area contributed by atoms with Gasteiger partial charge in [0.1, 0.15) is 19.0 Å². The molecule has 26 nitrogen and oxygen atoms in total. The van der Waals surface area contributed by atoms with E-state index in [-0.39, 0.29) is 69.8 Å². The van der Waals surface area contributed by atoms with Crippen molar-refractivity contribution in [1.29, 1.82) is 0 Å². The minimum atomic E-state index is -3.70. The Morgan fingerprint density at radius 1 is 0.649 bits per heavy atom. The van der Waals surface area contributed by atoms with E-state index in [4.69, 9.17) is 62.7 Å². The van der Waals surface area contributed by atoms with Crippen LogP contribution in [0, 0.1) is 0 Å². The highest BCUT2D eigenvalue weighted by Gasteiger charge is 2.26. The molecule has 74 heavy (non-hydrogen) atoms. The van der Waals surface area contributed by atoms with Crippen LogP contribution < -0.4 is 16.4 Å². The normalized spacial score (nSPS) is 13.5. The van der Waals surface area contributed by atoms with Gasteiger partial charge in [-0.05, 0) is 24.6 Å². The molecule has 2 aliphatic heterocycles. The molecule has 0 bridgehead atoms. The smallest absolute Gasteiger partial charge is 0.407 e. The highest BCUT2D eigenvalue weighted by atomic mass is 32.2. The van der Waals surface area contributed by atoms with E-state index in [0.29, 0.717) is 142 Å². The van der Waals surface area contributed by atoms with E-state index in [1.165, 1.54) is 31.3 Å². The molecule has 1 aromatic carbocycles.